The summed E-state index contributed by atoms with van der Waals surface area (Å²) in [5.41, 5.74) is 0.851. The number of allylic oxidation sites excluding steroid dienone is 2. The van der Waals surface area contributed by atoms with E-state index in [0.29, 0.717) is 14.8 Å². The SMILES string of the molecule is COC(=O)C1=C(C(=O)OC)N(c2cc(Cl)c(C#N)cc2I)C=CC=C1. The lowest BCUT2D eigenvalue weighted by atomic mass is 10.1. The Hall–Kier alpha value is -2.31. The lowest BCUT2D eigenvalue weighted by Gasteiger charge is -2.24. The molecule has 0 atom stereocenters. The molecule has 0 saturated carbocycles. The van der Waals surface area contributed by atoms with Crippen molar-refractivity contribution in [2.24, 2.45) is 0 Å². The first-order valence-electron chi connectivity index (χ1n) is 6.88. The van der Waals surface area contributed by atoms with Crippen LogP contribution in [0.5, 0.6) is 0 Å². The Balaban J connectivity index is 2.74. The van der Waals surface area contributed by atoms with Crippen LogP contribution in [0.3, 0.4) is 0 Å². The van der Waals surface area contributed by atoms with Crippen LogP contribution in [0, 0.1) is 14.9 Å². The maximum atomic E-state index is 12.4. The molecule has 1 heterocycles. The summed E-state index contributed by atoms with van der Waals surface area (Å²) < 4.78 is 10.3. The van der Waals surface area contributed by atoms with E-state index in [9.17, 15) is 9.59 Å². The normalized spacial score (nSPS) is 13.3. The van der Waals surface area contributed by atoms with Crippen molar-refractivity contribution in [2.75, 3.05) is 19.1 Å². The molecule has 0 amide bonds. The van der Waals surface area contributed by atoms with Gasteiger partial charge in [0, 0.05) is 9.77 Å². The van der Waals surface area contributed by atoms with E-state index in [1.165, 1.54) is 25.2 Å². The van der Waals surface area contributed by atoms with Gasteiger partial charge in [-0.2, -0.15) is 5.26 Å². The highest BCUT2D eigenvalue weighted by atomic mass is 127. The standard InChI is InChI=1S/C17H12ClIN2O4/c1-24-16(22)11-5-3-4-6-21(15(11)17(23)25-2)14-8-12(18)10(9-20)7-13(14)19/h3-8H,1-2H3. The van der Waals surface area contributed by atoms with Gasteiger partial charge in [-0.1, -0.05) is 17.7 Å². The molecule has 8 heteroatoms. The van der Waals surface area contributed by atoms with Crippen molar-refractivity contribution >= 4 is 51.8 Å². The molecular weight excluding hydrogens is 459 g/mol. The number of rotatable bonds is 3. The summed E-state index contributed by atoms with van der Waals surface area (Å²) >= 11 is 8.16. The predicted octanol–water partition coefficient (Wildman–Crippen LogP) is 3.31. The van der Waals surface area contributed by atoms with Crippen LogP contribution >= 0.6 is 34.2 Å². The Kier molecular flexibility index (Phi) is 6.22. The van der Waals surface area contributed by atoms with Crippen molar-refractivity contribution in [1.82, 2.24) is 0 Å². The number of carbonyl (C=O) groups is 2. The molecule has 0 radical (unpaired) electrons. The van der Waals surface area contributed by atoms with E-state index in [0.717, 1.165) is 0 Å². The summed E-state index contributed by atoms with van der Waals surface area (Å²) in [6.07, 6.45) is 6.32. The average Bonchev–Trinajstić information content (AvgIpc) is 2.84. The molecule has 0 N–H and O–H groups in total. The number of esters is 2. The highest BCUT2D eigenvalue weighted by Gasteiger charge is 2.28. The molecule has 0 saturated heterocycles. The number of ether oxygens (including phenoxy) is 2. The van der Waals surface area contributed by atoms with Crippen molar-refractivity contribution < 1.29 is 19.1 Å². The number of hydrogen-bond acceptors (Lipinski definition) is 6. The van der Waals surface area contributed by atoms with Gasteiger partial charge in [-0.25, -0.2) is 9.59 Å². The van der Waals surface area contributed by atoms with E-state index >= 15 is 0 Å². The molecule has 2 rings (SSSR count). The Morgan fingerprint density at radius 2 is 1.88 bits per heavy atom. The van der Waals surface area contributed by atoms with Crippen molar-refractivity contribution in [2.45, 2.75) is 0 Å². The van der Waals surface area contributed by atoms with Crippen LogP contribution in [0.25, 0.3) is 0 Å². The maximum Gasteiger partial charge on any atom is 0.355 e. The number of benzene rings is 1. The molecule has 1 aromatic carbocycles. The minimum atomic E-state index is -0.715. The molecule has 0 bridgehead atoms. The van der Waals surface area contributed by atoms with Gasteiger partial charge in [0.2, 0.25) is 0 Å². The average molecular weight is 471 g/mol. The molecule has 0 spiro atoms. The molecule has 6 nitrogen and oxygen atoms in total. The maximum absolute atomic E-state index is 12.4. The zero-order chi connectivity index (χ0) is 18.6. The van der Waals surface area contributed by atoms with Gasteiger partial charge in [-0.15, -0.1) is 0 Å². The topological polar surface area (TPSA) is 79.6 Å². The Labute approximate surface area is 163 Å². The van der Waals surface area contributed by atoms with Gasteiger partial charge in [0.1, 0.15) is 11.8 Å². The van der Waals surface area contributed by atoms with E-state index in [2.05, 4.69) is 0 Å². The zero-order valence-electron chi connectivity index (χ0n) is 13.2. The summed E-state index contributed by atoms with van der Waals surface area (Å²) in [5, 5.41) is 9.32. The third-order valence-electron chi connectivity index (χ3n) is 3.31. The molecule has 1 aliphatic rings. The summed E-state index contributed by atoms with van der Waals surface area (Å²) in [5.74, 6) is -1.40. The largest absolute Gasteiger partial charge is 0.465 e. The molecule has 0 unspecified atom stereocenters. The van der Waals surface area contributed by atoms with Gasteiger partial charge in [-0.05, 0) is 46.9 Å². The van der Waals surface area contributed by atoms with Gasteiger partial charge in [-0.3, -0.25) is 0 Å². The van der Waals surface area contributed by atoms with Crippen LogP contribution < -0.4 is 4.90 Å². The minimum Gasteiger partial charge on any atom is -0.465 e. The van der Waals surface area contributed by atoms with Gasteiger partial charge in [0.25, 0.3) is 0 Å². The van der Waals surface area contributed by atoms with Crippen molar-refractivity contribution in [3.05, 3.63) is 62.0 Å². The number of methoxy groups -OCH3 is 2. The second-order valence-electron chi connectivity index (χ2n) is 4.71. The highest BCUT2D eigenvalue weighted by molar-refractivity contribution is 14.1. The lowest BCUT2D eigenvalue weighted by Crippen LogP contribution is -2.27. The Morgan fingerprint density at radius 3 is 2.48 bits per heavy atom. The molecule has 128 valence electrons. The third-order valence-corrected chi connectivity index (χ3v) is 4.48. The second kappa shape index (κ2) is 8.18. The molecule has 0 aliphatic carbocycles. The fraction of sp³-hybridized carbons (Fsp3) is 0.118. The number of anilines is 1. The second-order valence-corrected chi connectivity index (χ2v) is 6.28. The first kappa shape index (κ1) is 19.0. The van der Waals surface area contributed by atoms with Crippen molar-refractivity contribution in [1.29, 1.82) is 5.26 Å². The molecule has 0 aromatic heterocycles. The number of halogens is 2. The molecule has 0 fully saturated rings. The summed E-state index contributed by atoms with van der Waals surface area (Å²) in [4.78, 5) is 26.0. The fourth-order valence-electron chi connectivity index (χ4n) is 2.16. The molecule has 25 heavy (non-hydrogen) atoms. The number of nitrogens with zero attached hydrogens (tertiary/aromatic N) is 2. The van der Waals surface area contributed by atoms with E-state index in [-0.39, 0.29) is 16.3 Å². The quantitative estimate of drug-likeness (QED) is 0.498. The van der Waals surface area contributed by atoms with Gasteiger partial charge >= 0.3 is 11.9 Å². The minimum absolute atomic E-state index is 0.0157. The first-order valence-corrected chi connectivity index (χ1v) is 8.34. The molecular formula is C17H12ClIN2O4. The van der Waals surface area contributed by atoms with Crippen molar-refractivity contribution in [3.8, 4) is 6.07 Å². The number of hydrogen-bond donors (Lipinski definition) is 0. The van der Waals surface area contributed by atoms with Crippen LogP contribution in [0.1, 0.15) is 5.56 Å². The third kappa shape index (κ3) is 3.86. The van der Waals surface area contributed by atoms with Crippen LogP contribution in [0.2, 0.25) is 5.02 Å². The van der Waals surface area contributed by atoms with Crippen LogP contribution in [-0.4, -0.2) is 26.2 Å². The monoisotopic (exact) mass is 470 g/mol. The Morgan fingerprint density at radius 1 is 1.20 bits per heavy atom. The highest BCUT2D eigenvalue weighted by Crippen LogP contribution is 2.34. The Bertz CT molecular complexity index is 868. The van der Waals surface area contributed by atoms with E-state index < -0.39 is 11.9 Å². The summed E-state index contributed by atoms with van der Waals surface area (Å²) in [6.45, 7) is 0. The summed E-state index contributed by atoms with van der Waals surface area (Å²) in [6, 6.07) is 5.14. The van der Waals surface area contributed by atoms with Gasteiger partial charge in [0.15, 0.2) is 0 Å². The van der Waals surface area contributed by atoms with E-state index in [1.54, 1.807) is 30.5 Å². The predicted molar refractivity (Wildman–Crippen MR) is 101 cm³/mol. The van der Waals surface area contributed by atoms with E-state index in [4.69, 9.17) is 26.3 Å². The molecule has 1 aromatic rings. The van der Waals surface area contributed by atoms with Gasteiger partial charge < -0.3 is 14.4 Å². The zero-order valence-corrected chi connectivity index (χ0v) is 16.2. The lowest BCUT2D eigenvalue weighted by molar-refractivity contribution is -0.139. The molecule has 1 aliphatic heterocycles. The number of carbonyl (C=O) groups excluding carboxylic acids is 2. The smallest absolute Gasteiger partial charge is 0.355 e. The van der Waals surface area contributed by atoms with Crippen molar-refractivity contribution in [3.63, 3.8) is 0 Å². The summed E-state index contributed by atoms with van der Waals surface area (Å²) in [7, 11) is 2.44. The van der Waals surface area contributed by atoms with Crippen LogP contribution in [0.15, 0.2) is 47.8 Å². The van der Waals surface area contributed by atoms with Crippen LogP contribution in [0.4, 0.5) is 5.69 Å². The van der Waals surface area contributed by atoms with Crippen LogP contribution in [-0.2, 0) is 19.1 Å². The first-order chi connectivity index (χ1) is 11.9. The fourth-order valence-corrected chi connectivity index (χ4v) is 3.08. The number of nitriles is 1. The van der Waals surface area contributed by atoms with E-state index in [1.807, 2.05) is 28.7 Å². The van der Waals surface area contributed by atoms with Gasteiger partial charge in [0.05, 0.1) is 36.1 Å².